The smallest absolute Gasteiger partial charge is 0.174 e. The Morgan fingerprint density at radius 2 is 1.72 bits per heavy atom. The van der Waals surface area contributed by atoms with Crippen LogP contribution >= 0.6 is 35.4 Å². The molecule has 32 heavy (non-hydrogen) atoms. The average molecular weight is 483 g/mol. The Kier molecular flexibility index (Phi) is 5.59. The Morgan fingerprint density at radius 1 is 0.938 bits per heavy atom. The second kappa shape index (κ2) is 8.54. The van der Waals surface area contributed by atoms with Crippen LogP contribution in [0.4, 0.5) is 10.1 Å². The first-order valence-electron chi connectivity index (χ1n) is 9.92. The summed E-state index contributed by atoms with van der Waals surface area (Å²) in [5, 5.41) is 4.73. The molecule has 1 saturated heterocycles. The van der Waals surface area contributed by atoms with Crippen LogP contribution < -0.4 is 10.2 Å². The number of nitrogens with zero attached hydrogens (tertiary/aromatic N) is 3. The van der Waals surface area contributed by atoms with E-state index in [1.807, 2.05) is 65.4 Å². The van der Waals surface area contributed by atoms with Gasteiger partial charge in [-0.2, -0.15) is 0 Å². The molecular weight excluding hydrogens is 466 g/mol. The molecule has 8 heteroatoms. The van der Waals surface area contributed by atoms with E-state index in [0.717, 1.165) is 22.8 Å². The summed E-state index contributed by atoms with van der Waals surface area (Å²) in [6.07, 6.45) is 3.69. The van der Waals surface area contributed by atoms with E-state index in [2.05, 4.69) is 15.2 Å². The van der Waals surface area contributed by atoms with Gasteiger partial charge in [0, 0.05) is 34.5 Å². The number of rotatable bonds is 4. The lowest BCUT2D eigenvalue weighted by atomic mass is 10.0. The molecule has 2 aromatic carbocycles. The Hall–Kier alpha value is -2.93. The summed E-state index contributed by atoms with van der Waals surface area (Å²) in [7, 11) is 0. The van der Waals surface area contributed by atoms with E-state index in [-0.39, 0.29) is 17.1 Å². The molecule has 0 amide bonds. The van der Waals surface area contributed by atoms with Crippen LogP contribution in [0.3, 0.4) is 0 Å². The van der Waals surface area contributed by atoms with Gasteiger partial charge in [0.25, 0.3) is 0 Å². The number of nitrogens with one attached hydrogen (secondary N) is 1. The highest BCUT2D eigenvalue weighted by Gasteiger charge is 2.42. The van der Waals surface area contributed by atoms with E-state index < -0.39 is 5.82 Å². The summed E-state index contributed by atoms with van der Waals surface area (Å²) >= 11 is 18.0. The first-order chi connectivity index (χ1) is 15.5. The molecule has 0 saturated carbocycles. The maximum absolute atomic E-state index is 13.8. The van der Waals surface area contributed by atoms with Gasteiger partial charge >= 0.3 is 0 Å². The van der Waals surface area contributed by atoms with E-state index in [4.69, 9.17) is 35.4 Å². The molecule has 1 aliphatic heterocycles. The Bertz CT molecular complexity index is 1280. The Labute approximate surface area is 200 Å². The van der Waals surface area contributed by atoms with E-state index >= 15 is 0 Å². The average Bonchev–Trinajstić information content (AvgIpc) is 3.41. The van der Waals surface area contributed by atoms with Crippen LogP contribution in [0.5, 0.6) is 0 Å². The van der Waals surface area contributed by atoms with Crippen molar-refractivity contribution in [2.45, 2.75) is 12.1 Å². The van der Waals surface area contributed by atoms with Crippen molar-refractivity contribution in [3.63, 3.8) is 0 Å². The van der Waals surface area contributed by atoms with Gasteiger partial charge in [-0.3, -0.25) is 4.98 Å². The maximum Gasteiger partial charge on any atom is 0.174 e. The SMILES string of the molecule is Fc1ccc(-n2cccc2[C@@H]2[C@@H](c3ccccn3)NC(=S)N2c2ccc(Cl)cc2)cc1Cl. The molecule has 4 aromatic rings. The second-order valence-electron chi connectivity index (χ2n) is 7.37. The minimum absolute atomic E-state index is 0.0676. The first-order valence-corrected chi connectivity index (χ1v) is 11.1. The Morgan fingerprint density at radius 3 is 2.44 bits per heavy atom. The third-order valence-electron chi connectivity index (χ3n) is 5.47. The topological polar surface area (TPSA) is 33.1 Å². The van der Waals surface area contributed by atoms with Gasteiger partial charge in [0.05, 0.1) is 16.8 Å². The van der Waals surface area contributed by atoms with Crippen LogP contribution in [-0.2, 0) is 0 Å². The molecule has 4 nitrogen and oxygen atoms in total. The monoisotopic (exact) mass is 482 g/mol. The van der Waals surface area contributed by atoms with Crippen molar-refractivity contribution >= 4 is 46.2 Å². The fraction of sp³-hybridized carbons (Fsp3) is 0.0833. The fourth-order valence-corrected chi connectivity index (χ4v) is 4.69. The molecule has 0 unspecified atom stereocenters. The lowest BCUT2D eigenvalue weighted by Gasteiger charge is -2.29. The highest BCUT2D eigenvalue weighted by molar-refractivity contribution is 7.80. The van der Waals surface area contributed by atoms with E-state index in [1.54, 1.807) is 18.3 Å². The van der Waals surface area contributed by atoms with Crippen LogP contribution in [0.25, 0.3) is 5.69 Å². The minimum atomic E-state index is -0.456. The molecule has 2 aromatic heterocycles. The van der Waals surface area contributed by atoms with Gasteiger partial charge in [0.15, 0.2) is 5.11 Å². The van der Waals surface area contributed by atoms with Gasteiger partial charge in [-0.05, 0) is 78.9 Å². The molecule has 3 heterocycles. The fourth-order valence-electron chi connectivity index (χ4n) is 4.04. The number of aromatic nitrogens is 2. The summed E-state index contributed by atoms with van der Waals surface area (Å²) in [6.45, 7) is 0. The highest BCUT2D eigenvalue weighted by Crippen LogP contribution is 2.42. The van der Waals surface area contributed by atoms with Crippen LogP contribution in [0, 0.1) is 5.82 Å². The van der Waals surface area contributed by atoms with Gasteiger partial charge in [-0.15, -0.1) is 0 Å². The van der Waals surface area contributed by atoms with Gasteiger partial charge in [-0.25, -0.2) is 4.39 Å². The van der Waals surface area contributed by atoms with Crippen LogP contribution in [0.2, 0.25) is 10.0 Å². The van der Waals surface area contributed by atoms with Crippen LogP contribution in [0.15, 0.2) is 85.2 Å². The van der Waals surface area contributed by atoms with Crippen molar-refractivity contribution in [1.82, 2.24) is 14.9 Å². The lowest BCUT2D eigenvalue weighted by Crippen LogP contribution is -2.30. The normalized spacial score (nSPS) is 18.1. The summed E-state index contributed by atoms with van der Waals surface area (Å²) in [6, 6.07) is 21.6. The molecule has 5 rings (SSSR count). The molecule has 1 fully saturated rings. The lowest BCUT2D eigenvalue weighted by molar-refractivity contribution is 0.549. The molecule has 2 atom stereocenters. The number of thiocarbonyl (C=S) groups is 1. The number of pyridine rings is 1. The quantitative estimate of drug-likeness (QED) is 0.336. The zero-order chi connectivity index (χ0) is 22.2. The third kappa shape index (κ3) is 3.75. The van der Waals surface area contributed by atoms with Crippen LogP contribution in [-0.4, -0.2) is 14.7 Å². The van der Waals surface area contributed by atoms with E-state index in [0.29, 0.717) is 10.1 Å². The molecule has 1 N–H and O–H groups in total. The van der Waals surface area contributed by atoms with Gasteiger partial charge in [-0.1, -0.05) is 29.3 Å². The molecular formula is C24H17Cl2FN4S. The van der Waals surface area contributed by atoms with Gasteiger partial charge < -0.3 is 14.8 Å². The van der Waals surface area contributed by atoms with Crippen molar-refractivity contribution in [1.29, 1.82) is 0 Å². The predicted molar refractivity (Wildman–Crippen MR) is 130 cm³/mol. The molecule has 0 radical (unpaired) electrons. The van der Waals surface area contributed by atoms with Crippen molar-refractivity contribution in [3.05, 3.63) is 112 Å². The number of benzene rings is 2. The van der Waals surface area contributed by atoms with Crippen LogP contribution in [0.1, 0.15) is 23.5 Å². The van der Waals surface area contributed by atoms with Crippen molar-refractivity contribution in [3.8, 4) is 5.69 Å². The van der Waals surface area contributed by atoms with Crippen molar-refractivity contribution in [2.24, 2.45) is 0 Å². The van der Waals surface area contributed by atoms with E-state index in [1.165, 1.54) is 6.07 Å². The summed E-state index contributed by atoms with van der Waals surface area (Å²) in [5.41, 5.74) is 3.47. The number of hydrogen-bond acceptors (Lipinski definition) is 2. The van der Waals surface area contributed by atoms with Crippen molar-refractivity contribution < 1.29 is 4.39 Å². The molecule has 160 valence electrons. The Balaban J connectivity index is 1.67. The predicted octanol–water partition coefficient (Wildman–Crippen LogP) is 6.50. The van der Waals surface area contributed by atoms with E-state index in [9.17, 15) is 4.39 Å². The maximum atomic E-state index is 13.8. The first kappa shape index (κ1) is 20.9. The molecule has 1 aliphatic rings. The van der Waals surface area contributed by atoms with Crippen molar-refractivity contribution in [2.75, 3.05) is 4.90 Å². The highest BCUT2D eigenvalue weighted by atomic mass is 35.5. The number of anilines is 1. The second-order valence-corrected chi connectivity index (χ2v) is 8.60. The molecule has 0 bridgehead atoms. The molecule has 0 spiro atoms. The zero-order valence-electron chi connectivity index (χ0n) is 16.6. The third-order valence-corrected chi connectivity index (χ3v) is 6.32. The largest absolute Gasteiger partial charge is 0.351 e. The van der Waals surface area contributed by atoms with Gasteiger partial charge in [0.2, 0.25) is 0 Å². The zero-order valence-corrected chi connectivity index (χ0v) is 18.9. The summed E-state index contributed by atoms with van der Waals surface area (Å²) in [4.78, 5) is 6.63. The van der Waals surface area contributed by atoms with Gasteiger partial charge in [0.1, 0.15) is 11.9 Å². The number of halogens is 3. The summed E-state index contributed by atoms with van der Waals surface area (Å²) < 4.78 is 15.8. The standard InChI is InChI=1S/C24H17Cl2FN4S/c25-15-6-8-16(9-7-15)31-23(22(29-24(31)32)20-4-1-2-12-28-20)21-5-3-13-30(21)17-10-11-19(27)18(26)14-17/h1-14,22-23H,(H,29,32)/t22-,23-/m1/s1. The minimum Gasteiger partial charge on any atom is -0.351 e. The number of hydrogen-bond donors (Lipinski definition) is 1. The molecule has 0 aliphatic carbocycles. The summed E-state index contributed by atoms with van der Waals surface area (Å²) in [5.74, 6) is -0.456.